The highest BCUT2D eigenvalue weighted by Gasteiger charge is 2.20. The van der Waals surface area contributed by atoms with Crippen LogP contribution in [0.3, 0.4) is 0 Å². The number of anilines is 3. The fourth-order valence-electron chi connectivity index (χ4n) is 9.19. The molecule has 0 atom stereocenters. The number of hydrogen-bond donors (Lipinski definition) is 0. The van der Waals surface area contributed by atoms with Gasteiger partial charge in [0.15, 0.2) is 0 Å². The maximum atomic E-state index is 2.45. The summed E-state index contributed by atoms with van der Waals surface area (Å²) in [6.45, 7) is 0. The maximum absolute atomic E-state index is 2.45. The summed E-state index contributed by atoms with van der Waals surface area (Å²) >= 11 is 3.74. The number of thiophene rings is 2. The van der Waals surface area contributed by atoms with E-state index in [2.05, 4.69) is 229 Å². The Morgan fingerprint density at radius 3 is 1.62 bits per heavy atom. The number of fused-ring (bicyclic) bond motifs is 7. The van der Waals surface area contributed by atoms with Crippen molar-refractivity contribution in [2.45, 2.75) is 0 Å². The minimum Gasteiger partial charge on any atom is -0.310 e. The summed E-state index contributed by atoms with van der Waals surface area (Å²) < 4.78 is 5.27. The molecule has 0 spiro atoms. The van der Waals surface area contributed by atoms with E-state index in [1.807, 2.05) is 22.7 Å². The van der Waals surface area contributed by atoms with Gasteiger partial charge in [-0.15, -0.1) is 22.7 Å². The van der Waals surface area contributed by atoms with Gasteiger partial charge in [0.1, 0.15) is 0 Å². The molecule has 0 aliphatic heterocycles. The van der Waals surface area contributed by atoms with E-state index < -0.39 is 0 Å². The lowest BCUT2D eigenvalue weighted by Crippen LogP contribution is -2.11. The van der Waals surface area contributed by atoms with E-state index in [4.69, 9.17) is 0 Å². The van der Waals surface area contributed by atoms with Gasteiger partial charge in [-0.2, -0.15) is 0 Å². The van der Waals surface area contributed by atoms with Crippen LogP contribution in [0.15, 0.2) is 224 Å². The van der Waals surface area contributed by atoms with Crippen molar-refractivity contribution in [1.82, 2.24) is 0 Å². The smallest absolute Gasteiger partial charge is 0.0540 e. The minimum atomic E-state index is 1.10. The van der Waals surface area contributed by atoms with Gasteiger partial charge in [-0.25, -0.2) is 0 Å². The highest BCUT2D eigenvalue weighted by Crippen LogP contribution is 2.46. The Hall–Kier alpha value is -7.30. The van der Waals surface area contributed by atoms with Crippen LogP contribution in [0.2, 0.25) is 0 Å². The van der Waals surface area contributed by atoms with Crippen LogP contribution in [-0.4, -0.2) is 0 Å². The lowest BCUT2D eigenvalue weighted by molar-refractivity contribution is 1.28. The molecule has 61 heavy (non-hydrogen) atoms. The second-order valence-corrected chi connectivity index (χ2v) is 17.8. The Morgan fingerprint density at radius 2 is 0.787 bits per heavy atom. The molecule has 3 heteroatoms. The fourth-order valence-corrected chi connectivity index (χ4v) is 11.5. The molecule has 10 aromatic carbocycles. The Labute approximate surface area is 362 Å². The molecule has 0 aliphatic rings. The van der Waals surface area contributed by atoms with Crippen molar-refractivity contribution >= 4 is 90.9 Å². The van der Waals surface area contributed by atoms with Gasteiger partial charge in [-0.05, 0) is 110 Å². The van der Waals surface area contributed by atoms with Crippen LogP contribution in [0.4, 0.5) is 17.1 Å². The molecule has 0 aliphatic carbocycles. The highest BCUT2D eigenvalue weighted by molar-refractivity contribution is 7.26. The van der Waals surface area contributed by atoms with E-state index in [9.17, 15) is 0 Å². The summed E-state index contributed by atoms with van der Waals surface area (Å²) in [6, 6.07) is 82.5. The molecule has 0 saturated carbocycles. The summed E-state index contributed by atoms with van der Waals surface area (Å²) in [6.07, 6.45) is 0. The predicted molar refractivity (Wildman–Crippen MR) is 266 cm³/mol. The normalized spacial score (nSPS) is 11.6. The largest absolute Gasteiger partial charge is 0.310 e. The van der Waals surface area contributed by atoms with Crippen molar-refractivity contribution in [3.63, 3.8) is 0 Å². The first kappa shape index (κ1) is 35.6. The van der Waals surface area contributed by atoms with Crippen molar-refractivity contribution in [3.8, 4) is 44.5 Å². The number of hydrogen-bond acceptors (Lipinski definition) is 3. The molecular formula is C58H37NS2. The summed E-state index contributed by atoms with van der Waals surface area (Å²) in [5.41, 5.74) is 12.9. The second-order valence-electron chi connectivity index (χ2n) is 15.7. The predicted octanol–water partition coefficient (Wildman–Crippen LogP) is 17.7. The zero-order chi connectivity index (χ0) is 40.3. The van der Waals surface area contributed by atoms with Crippen LogP contribution in [-0.2, 0) is 0 Å². The van der Waals surface area contributed by atoms with E-state index in [-0.39, 0.29) is 0 Å². The molecule has 286 valence electrons. The molecule has 0 saturated heterocycles. The number of benzene rings is 10. The summed E-state index contributed by atoms with van der Waals surface area (Å²) in [4.78, 5) is 2.45. The molecule has 0 N–H and O–H groups in total. The highest BCUT2D eigenvalue weighted by atomic mass is 32.1. The molecule has 2 aromatic heterocycles. The van der Waals surface area contributed by atoms with Gasteiger partial charge >= 0.3 is 0 Å². The van der Waals surface area contributed by atoms with E-state index in [1.165, 1.54) is 95.6 Å². The third-order valence-corrected chi connectivity index (χ3v) is 14.4. The average molecular weight is 812 g/mol. The van der Waals surface area contributed by atoms with Crippen LogP contribution < -0.4 is 4.90 Å². The van der Waals surface area contributed by atoms with Crippen LogP contribution in [0.1, 0.15) is 0 Å². The van der Waals surface area contributed by atoms with Gasteiger partial charge in [0.05, 0.1) is 5.69 Å². The molecule has 12 rings (SSSR count). The van der Waals surface area contributed by atoms with E-state index in [1.54, 1.807) is 0 Å². The fraction of sp³-hybridized carbons (Fsp3) is 0. The molecular weight excluding hydrogens is 775 g/mol. The molecule has 0 radical (unpaired) electrons. The monoisotopic (exact) mass is 811 g/mol. The molecule has 2 heterocycles. The number of nitrogens with zero attached hydrogens (tertiary/aromatic N) is 1. The second kappa shape index (κ2) is 14.8. The molecule has 0 unspecified atom stereocenters. The van der Waals surface area contributed by atoms with Crippen LogP contribution in [0.25, 0.3) is 95.6 Å². The van der Waals surface area contributed by atoms with Gasteiger partial charge in [0.2, 0.25) is 0 Å². The van der Waals surface area contributed by atoms with Crippen molar-refractivity contribution in [1.29, 1.82) is 0 Å². The van der Waals surface area contributed by atoms with E-state index >= 15 is 0 Å². The standard InChI is InChI=1S/C58H37NS2/c1-2-22-46-38(14-1)15-12-26-47(46)42-19-11-21-45(36-42)59(54-29-6-3-23-48(54)43-32-33-57-53(37-43)51-25-5-7-30-55(51)60-57)44-20-10-17-40(35-44)39-16-9-18-41(34-39)49-27-13-28-52-50-24-4-8-31-56(50)61-58(49)52/h1-37H. The lowest BCUT2D eigenvalue weighted by Gasteiger charge is -2.29. The van der Waals surface area contributed by atoms with Crippen LogP contribution >= 0.6 is 22.7 Å². The molecule has 1 nitrogen and oxygen atoms in total. The SMILES string of the molecule is c1cc(-c2cccc(N(c3cccc(-c4cccc5ccccc45)c3)c3ccccc3-c3ccc4sc5ccccc5c4c3)c2)cc(-c2cccc3c2sc2ccccc23)c1. The molecule has 12 aromatic rings. The van der Waals surface area contributed by atoms with Gasteiger partial charge < -0.3 is 4.90 Å². The van der Waals surface area contributed by atoms with Crippen molar-refractivity contribution < 1.29 is 0 Å². The van der Waals surface area contributed by atoms with Gasteiger partial charge in [0, 0.05) is 57.3 Å². The molecule has 0 fully saturated rings. The van der Waals surface area contributed by atoms with Gasteiger partial charge in [-0.3, -0.25) is 0 Å². The summed E-state index contributed by atoms with van der Waals surface area (Å²) in [5, 5.41) is 7.73. The Bertz CT molecular complexity index is 3620. The van der Waals surface area contributed by atoms with Crippen LogP contribution in [0, 0.1) is 0 Å². The average Bonchev–Trinajstić information content (AvgIpc) is 3.90. The lowest BCUT2D eigenvalue weighted by atomic mass is 9.96. The third kappa shape index (κ3) is 6.21. The Balaban J connectivity index is 1.02. The maximum Gasteiger partial charge on any atom is 0.0540 e. The zero-order valence-electron chi connectivity index (χ0n) is 33.1. The first-order chi connectivity index (χ1) is 30.2. The Kier molecular flexibility index (Phi) is 8.62. The first-order valence-electron chi connectivity index (χ1n) is 20.7. The topological polar surface area (TPSA) is 3.24 Å². The summed E-state index contributed by atoms with van der Waals surface area (Å²) in [5.74, 6) is 0. The third-order valence-electron chi connectivity index (χ3n) is 12.1. The van der Waals surface area contributed by atoms with Crippen molar-refractivity contribution in [3.05, 3.63) is 224 Å². The number of rotatable bonds is 7. The summed E-state index contributed by atoms with van der Waals surface area (Å²) in [7, 11) is 0. The van der Waals surface area contributed by atoms with Crippen molar-refractivity contribution in [2.75, 3.05) is 4.90 Å². The minimum absolute atomic E-state index is 1.10. The zero-order valence-corrected chi connectivity index (χ0v) is 34.8. The van der Waals surface area contributed by atoms with Crippen molar-refractivity contribution in [2.24, 2.45) is 0 Å². The molecule has 0 amide bonds. The van der Waals surface area contributed by atoms with E-state index in [0.717, 1.165) is 17.1 Å². The Morgan fingerprint density at radius 1 is 0.279 bits per heavy atom. The van der Waals surface area contributed by atoms with E-state index in [0.29, 0.717) is 0 Å². The van der Waals surface area contributed by atoms with Gasteiger partial charge in [0.25, 0.3) is 0 Å². The van der Waals surface area contributed by atoms with Gasteiger partial charge in [-0.1, -0.05) is 164 Å². The first-order valence-corrected chi connectivity index (χ1v) is 22.4. The number of para-hydroxylation sites is 1. The quantitative estimate of drug-likeness (QED) is 0.155. The molecule has 0 bridgehead atoms. The van der Waals surface area contributed by atoms with Crippen LogP contribution in [0.5, 0.6) is 0 Å².